The highest BCUT2D eigenvalue weighted by Crippen LogP contribution is 2.35. The largest absolute Gasteiger partial charge is 0.463 e. The van der Waals surface area contributed by atoms with Gasteiger partial charge in [0.2, 0.25) is 5.88 Å². The van der Waals surface area contributed by atoms with Gasteiger partial charge in [-0.05, 0) is 18.6 Å². The smallest absolute Gasteiger partial charge is 0.268 e. The monoisotopic (exact) mass is 294 g/mol. The first-order chi connectivity index (χ1) is 10.6. The Kier molecular flexibility index (Phi) is 3.39. The molecular formula is C16H14N4O2. The molecule has 2 heterocycles. The molecule has 1 aromatic carbocycles. The van der Waals surface area contributed by atoms with E-state index in [2.05, 4.69) is 4.98 Å². The Morgan fingerprint density at radius 1 is 1.41 bits per heavy atom. The zero-order valence-electron chi connectivity index (χ0n) is 12.0. The van der Waals surface area contributed by atoms with Crippen molar-refractivity contribution in [2.45, 2.75) is 19.6 Å². The molecule has 2 aromatic rings. The Balaban J connectivity index is 2.06. The first-order valence-electron chi connectivity index (χ1n) is 6.82. The number of nitrogens with two attached hydrogens (primary N) is 1. The van der Waals surface area contributed by atoms with E-state index in [1.165, 1.54) is 0 Å². The molecule has 0 unspecified atom stereocenters. The van der Waals surface area contributed by atoms with Crippen molar-refractivity contribution >= 4 is 17.4 Å². The number of carbonyl (C=O) groups excluding carboxylic acids is 1. The lowest BCUT2D eigenvalue weighted by Crippen LogP contribution is -2.44. The number of pyridine rings is 1. The highest BCUT2D eigenvalue weighted by molar-refractivity contribution is 5.99. The van der Waals surface area contributed by atoms with E-state index in [-0.39, 0.29) is 23.2 Å². The van der Waals surface area contributed by atoms with Gasteiger partial charge in [0.1, 0.15) is 17.6 Å². The molecule has 22 heavy (non-hydrogen) atoms. The van der Waals surface area contributed by atoms with Crippen molar-refractivity contribution in [3.05, 3.63) is 47.5 Å². The van der Waals surface area contributed by atoms with E-state index >= 15 is 0 Å². The molecule has 0 aliphatic carbocycles. The number of benzene rings is 1. The Morgan fingerprint density at radius 2 is 2.14 bits per heavy atom. The molecule has 0 saturated heterocycles. The molecule has 0 spiro atoms. The zero-order chi connectivity index (χ0) is 15.7. The summed E-state index contributed by atoms with van der Waals surface area (Å²) in [6.45, 7) is 2.05. The standard InChI is InChI=1S/C16H14N4O2/c1-10-16(21)20(9-11-5-3-2-4-6-11)13-7-12(8-17)14(18)19-15(13)22-10/h2-7,10H,9H2,1H3,(H2,18,19)/t10-/m1/s1. The van der Waals surface area contributed by atoms with Gasteiger partial charge in [0.15, 0.2) is 6.10 Å². The fourth-order valence-corrected chi connectivity index (χ4v) is 2.35. The highest BCUT2D eigenvalue weighted by atomic mass is 16.5. The van der Waals surface area contributed by atoms with Gasteiger partial charge in [-0.1, -0.05) is 30.3 Å². The fourth-order valence-electron chi connectivity index (χ4n) is 2.35. The van der Waals surface area contributed by atoms with Crippen molar-refractivity contribution in [2.24, 2.45) is 0 Å². The van der Waals surface area contributed by atoms with Gasteiger partial charge in [-0.15, -0.1) is 0 Å². The van der Waals surface area contributed by atoms with E-state index in [4.69, 9.17) is 15.7 Å². The summed E-state index contributed by atoms with van der Waals surface area (Å²) >= 11 is 0. The number of nitrogens with zero attached hydrogens (tertiary/aromatic N) is 3. The number of rotatable bonds is 2. The molecule has 1 aliphatic heterocycles. The molecule has 0 fully saturated rings. The predicted molar refractivity (Wildman–Crippen MR) is 81.1 cm³/mol. The average molecular weight is 294 g/mol. The fraction of sp³-hybridized carbons (Fsp3) is 0.188. The van der Waals surface area contributed by atoms with Gasteiger partial charge in [-0.25, -0.2) is 0 Å². The van der Waals surface area contributed by atoms with E-state index in [0.717, 1.165) is 5.56 Å². The van der Waals surface area contributed by atoms with Crippen molar-refractivity contribution in [2.75, 3.05) is 10.6 Å². The second-order valence-electron chi connectivity index (χ2n) is 5.03. The highest BCUT2D eigenvalue weighted by Gasteiger charge is 2.33. The summed E-state index contributed by atoms with van der Waals surface area (Å²) in [7, 11) is 0. The van der Waals surface area contributed by atoms with Gasteiger partial charge in [0, 0.05) is 0 Å². The molecule has 0 radical (unpaired) electrons. The van der Waals surface area contributed by atoms with Crippen molar-refractivity contribution in [1.29, 1.82) is 5.26 Å². The average Bonchev–Trinajstić information content (AvgIpc) is 2.52. The van der Waals surface area contributed by atoms with Crippen molar-refractivity contribution < 1.29 is 9.53 Å². The van der Waals surface area contributed by atoms with Crippen LogP contribution in [0.3, 0.4) is 0 Å². The van der Waals surface area contributed by atoms with Crippen LogP contribution in [0.1, 0.15) is 18.1 Å². The number of amides is 1. The summed E-state index contributed by atoms with van der Waals surface area (Å²) in [6, 6.07) is 13.1. The predicted octanol–water partition coefficient (Wildman–Crippen LogP) is 1.85. The summed E-state index contributed by atoms with van der Waals surface area (Å²) < 4.78 is 5.50. The lowest BCUT2D eigenvalue weighted by Gasteiger charge is -2.32. The van der Waals surface area contributed by atoms with Crippen LogP contribution >= 0.6 is 0 Å². The van der Waals surface area contributed by atoms with Crippen LogP contribution in [0.25, 0.3) is 0 Å². The van der Waals surface area contributed by atoms with Gasteiger partial charge in [0.25, 0.3) is 5.91 Å². The van der Waals surface area contributed by atoms with E-state index < -0.39 is 6.10 Å². The molecule has 0 bridgehead atoms. The molecule has 1 aliphatic rings. The minimum Gasteiger partial charge on any atom is -0.463 e. The van der Waals surface area contributed by atoms with Crippen LogP contribution in [0.4, 0.5) is 11.5 Å². The number of hydrogen-bond acceptors (Lipinski definition) is 5. The molecule has 1 amide bonds. The summed E-state index contributed by atoms with van der Waals surface area (Å²) in [5.74, 6) is 0.203. The Morgan fingerprint density at radius 3 is 2.82 bits per heavy atom. The molecule has 6 nitrogen and oxygen atoms in total. The Hall–Kier alpha value is -3.07. The minimum atomic E-state index is -0.643. The molecule has 0 saturated carbocycles. The summed E-state index contributed by atoms with van der Waals surface area (Å²) in [6.07, 6.45) is -0.643. The number of fused-ring (bicyclic) bond motifs is 1. The van der Waals surface area contributed by atoms with E-state index in [1.54, 1.807) is 17.9 Å². The Bertz CT molecular complexity index is 768. The number of ether oxygens (including phenoxy) is 1. The van der Waals surface area contributed by atoms with Crippen molar-refractivity contribution in [3.63, 3.8) is 0 Å². The van der Waals surface area contributed by atoms with Gasteiger partial charge in [0.05, 0.1) is 12.1 Å². The lowest BCUT2D eigenvalue weighted by atomic mass is 10.1. The second-order valence-corrected chi connectivity index (χ2v) is 5.03. The third-order valence-electron chi connectivity index (χ3n) is 3.50. The van der Waals surface area contributed by atoms with Crippen LogP contribution in [0.15, 0.2) is 36.4 Å². The quantitative estimate of drug-likeness (QED) is 0.912. The molecule has 6 heteroatoms. The van der Waals surface area contributed by atoms with E-state index in [1.807, 2.05) is 36.4 Å². The maximum atomic E-state index is 12.4. The molecular weight excluding hydrogens is 280 g/mol. The summed E-state index contributed by atoms with van der Waals surface area (Å²) in [5.41, 5.74) is 7.39. The summed E-state index contributed by atoms with van der Waals surface area (Å²) in [4.78, 5) is 18.1. The maximum absolute atomic E-state index is 12.4. The lowest BCUT2D eigenvalue weighted by molar-refractivity contribution is -0.125. The zero-order valence-corrected chi connectivity index (χ0v) is 12.0. The van der Waals surface area contributed by atoms with Crippen molar-refractivity contribution in [1.82, 2.24) is 4.98 Å². The molecule has 2 N–H and O–H groups in total. The van der Waals surface area contributed by atoms with E-state index in [0.29, 0.717) is 12.2 Å². The normalized spacial score (nSPS) is 16.6. The van der Waals surface area contributed by atoms with Crippen LogP contribution < -0.4 is 15.4 Å². The number of aromatic nitrogens is 1. The molecule has 110 valence electrons. The van der Waals surface area contributed by atoms with Crippen LogP contribution in [0.2, 0.25) is 0 Å². The maximum Gasteiger partial charge on any atom is 0.268 e. The van der Waals surface area contributed by atoms with Crippen LogP contribution in [0, 0.1) is 11.3 Å². The first kappa shape index (κ1) is 13.9. The number of nitriles is 1. The number of hydrogen-bond donors (Lipinski definition) is 1. The van der Waals surface area contributed by atoms with Crippen LogP contribution in [-0.2, 0) is 11.3 Å². The van der Waals surface area contributed by atoms with Gasteiger partial charge < -0.3 is 10.5 Å². The first-order valence-corrected chi connectivity index (χ1v) is 6.82. The second kappa shape index (κ2) is 5.37. The molecule has 1 atom stereocenters. The van der Waals surface area contributed by atoms with Gasteiger partial charge in [-0.2, -0.15) is 10.2 Å². The molecule has 3 rings (SSSR count). The Labute approximate surface area is 127 Å². The third-order valence-corrected chi connectivity index (χ3v) is 3.50. The van der Waals surface area contributed by atoms with Gasteiger partial charge in [-0.3, -0.25) is 9.69 Å². The topological polar surface area (TPSA) is 92.2 Å². The van der Waals surface area contributed by atoms with Crippen LogP contribution in [0.5, 0.6) is 5.88 Å². The van der Waals surface area contributed by atoms with E-state index in [9.17, 15) is 4.79 Å². The minimum absolute atomic E-state index is 0.0995. The number of carbonyl (C=O) groups is 1. The summed E-state index contributed by atoms with van der Waals surface area (Å²) in [5, 5.41) is 9.10. The third kappa shape index (κ3) is 2.33. The molecule has 1 aromatic heterocycles. The number of nitrogen functional groups attached to an aromatic ring is 1. The van der Waals surface area contributed by atoms with Crippen LogP contribution in [-0.4, -0.2) is 17.0 Å². The number of anilines is 2. The van der Waals surface area contributed by atoms with Crippen molar-refractivity contribution in [3.8, 4) is 11.9 Å². The van der Waals surface area contributed by atoms with Gasteiger partial charge >= 0.3 is 0 Å². The SMILES string of the molecule is C[C@H]1Oc2nc(N)c(C#N)cc2N(Cc2ccccc2)C1=O.